The Morgan fingerprint density at radius 1 is 1.04 bits per heavy atom. The maximum Gasteiger partial charge on any atom is 0.490 e. The Balaban J connectivity index is 1.49. The number of rotatable bonds is 8. The summed E-state index contributed by atoms with van der Waals surface area (Å²) < 4.78 is 60.6. The van der Waals surface area contributed by atoms with Crippen LogP contribution >= 0.6 is 0 Å². The minimum Gasteiger partial charge on any atom is -0.449 e. The standard InChI is InChI=1S/C32H51BF3N3O6/c1-18(40)37-30(25(41)38-27(2,3)4)17-19-13-21(39(8)9)16-22(19)31(30,43-26(42)32(34,35)36)11-10-12-33-44-24-15-20-14-23(28(20,5)6)29(24,7)45-33/h19-24H,10-17H2,1-9H3,(H,37,40)(H,38,41)/t19-,20+,21-,22-,23+,24-,29+,30-,31+/m1/s1. The maximum atomic E-state index is 14.3. The first kappa shape index (κ1) is 34.5. The van der Waals surface area contributed by atoms with E-state index in [2.05, 4.69) is 31.4 Å². The van der Waals surface area contributed by atoms with Gasteiger partial charge in [0.25, 0.3) is 0 Å². The van der Waals surface area contributed by atoms with Crippen LogP contribution in [0.2, 0.25) is 6.32 Å². The summed E-state index contributed by atoms with van der Waals surface area (Å²) in [6.07, 6.45) is -1.75. The van der Waals surface area contributed by atoms with Crippen molar-refractivity contribution in [3.05, 3.63) is 0 Å². The number of halogens is 3. The van der Waals surface area contributed by atoms with Crippen LogP contribution < -0.4 is 10.6 Å². The molecule has 2 N–H and O–H groups in total. The molecule has 0 aromatic rings. The summed E-state index contributed by atoms with van der Waals surface area (Å²) >= 11 is 0. The van der Waals surface area contributed by atoms with Crippen molar-refractivity contribution in [1.29, 1.82) is 0 Å². The Bertz CT molecular complexity index is 1210. The van der Waals surface area contributed by atoms with Crippen molar-refractivity contribution in [2.45, 2.75) is 140 Å². The number of nitrogens with zero attached hydrogens (tertiary/aromatic N) is 1. The van der Waals surface area contributed by atoms with E-state index in [1.165, 1.54) is 6.92 Å². The zero-order valence-corrected chi connectivity index (χ0v) is 28.2. The van der Waals surface area contributed by atoms with Crippen LogP contribution in [-0.4, -0.2) is 84.5 Å². The molecule has 2 bridgehead atoms. The predicted molar refractivity (Wildman–Crippen MR) is 162 cm³/mol. The molecule has 1 heterocycles. The highest BCUT2D eigenvalue weighted by Gasteiger charge is 2.73. The van der Waals surface area contributed by atoms with Crippen molar-refractivity contribution in [3.63, 3.8) is 0 Å². The van der Waals surface area contributed by atoms with Gasteiger partial charge < -0.3 is 29.6 Å². The van der Waals surface area contributed by atoms with Gasteiger partial charge in [0.15, 0.2) is 5.54 Å². The molecule has 9 nitrogen and oxygen atoms in total. The van der Waals surface area contributed by atoms with E-state index in [0.29, 0.717) is 31.0 Å². The summed E-state index contributed by atoms with van der Waals surface area (Å²) in [5.74, 6) is -3.53. The Hall–Kier alpha value is -1.86. The van der Waals surface area contributed by atoms with E-state index in [0.717, 1.165) is 12.8 Å². The molecule has 1 aliphatic heterocycles. The monoisotopic (exact) mass is 641 g/mol. The SMILES string of the molecule is CC(=O)N[C@@]1(C(=O)NC(C)(C)C)C[C@H]2C[C@@H](N(C)C)C[C@H]2[C@]1(CCCB1O[C@@H]2C[C@@H]3C[C@@H](C3(C)C)[C@]2(C)O1)OC(=O)C(F)(F)F. The van der Waals surface area contributed by atoms with Crippen LogP contribution in [-0.2, 0) is 28.4 Å². The topological polar surface area (TPSA) is 106 Å². The predicted octanol–water partition coefficient (Wildman–Crippen LogP) is 4.49. The van der Waals surface area contributed by atoms with Crippen molar-refractivity contribution >= 4 is 24.9 Å². The average molecular weight is 642 g/mol. The van der Waals surface area contributed by atoms with Crippen LogP contribution in [0.5, 0.6) is 0 Å². The number of carbonyl (C=O) groups is 3. The number of carbonyl (C=O) groups excluding carboxylic acids is 3. The van der Waals surface area contributed by atoms with Gasteiger partial charge in [0.05, 0.1) is 11.7 Å². The molecule has 254 valence electrons. The fraction of sp³-hybridized carbons (Fsp3) is 0.906. The summed E-state index contributed by atoms with van der Waals surface area (Å²) in [5, 5.41) is 5.67. The van der Waals surface area contributed by atoms with Crippen LogP contribution in [0.1, 0.15) is 93.4 Å². The summed E-state index contributed by atoms with van der Waals surface area (Å²) in [4.78, 5) is 41.9. The lowest BCUT2D eigenvalue weighted by atomic mass is 9.43. The van der Waals surface area contributed by atoms with E-state index in [1.807, 2.05) is 19.0 Å². The third-order valence-electron chi connectivity index (χ3n) is 12.1. The summed E-state index contributed by atoms with van der Waals surface area (Å²) in [5.41, 5.74) is -4.91. The van der Waals surface area contributed by atoms with E-state index in [1.54, 1.807) is 20.8 Å². The van der Waals surface area contributed by atoms with Crippen molar-refractivity contribution in [2.24, 2.45) is 29.1 Å². The van der Waals surface area contributed by atoms with Crippen LogP contribution in [0.15, 0.2) is 0 Å². The highest BCUT2D eigenvalue weighted by molar-refractivity contribution is 6.45. The molecule has 0 unspecified atom stereocenters. The van der Waals surface area contributed by atoms with Gasteiger partial charge in [-0.15, -0.1) is 0 Å². The molecule has 0 aromatic carbocycles. The van der Waals surface area contributed by atoms with Gasteiger partial charge in [0.1, 0.15) is 5.60 Å². The molecule has 1 saturated heterocycles. The zero-order valence-electron chi connectivity index (χ0n) is 28.2. The van der Waals surface area contributed by atoms with Crippen molar-refractivity contribution in [1.82, 2.24) is 15.5 Å². The molecule has 5 saturated carbocycles. The van der Waals surface area contributed by atoms with Crippen LogP contribution in [0, 0.1) is 29.1 Å². The van der Waals surface area contributed by atoms with Crippen molar-refractivity contribution in [3.8, 4) is 0 Å². The van der Waals surface area contributed by atoms with Gasteiger partial charge >= 0.3 is 19.3 Å². The van der Waals surface area contributed by atoms with Gasteiger partial charge in [0.2, 0.25) is 11.8 Å². The number of hydrogen-bond donors (Lipinski definition) is 2. The van der Waals surface area contributed by atoms with Gasteiger partial charge in [-0.25, -0.2) is 4.79 Å². The van der Waals surface area contributed by atoms with E-state index in [-0.39, 0.29) is 42.7 Å². The molecular formula is C32H51BF3N3O6. The molecule has 9 atom stereocenters. The highest BCUT2D eigenvalue weighted by atomic mass is 19.4. The molecule has 0 aromatic heterocycles. The van der Waals surface area contributed by atoms with Gasteiger partial charge in [-0.05, 0) is 110 Å². The molecule has 0 spiro atoms. The number of hydrogen-bond acceptors (Lipinski definition) is 7. The number of amides is 2. The third kappa shape index (κ3) is 5.70. The second kappa shape index (κ2) is 11.1. The number of fused-ring (bicyclic) bond motifs is 1. The van der Waals surface area contributed by atoms with Crippen LogP contribution in [0.4, 0.5) is 13.2 Å². The van der Waals surface area contributed by atoms with E-state index in [9.17, 15) is 27.6 Å². The largest absolute Gasteiger partial charge is 0.490 e. The highest BCUT2D eigenvalue weighted by Crippen LogP contribution is 2.66. The summed E-state index contributed by atoms with van der Waals surface area (Å²) in [6.45, 7) is 13.1. The molecule has 45 heavy (non-hydrogen) atoms. The fourth-order valence-electron chi connectivity index (χ4n) is 9.89. The minimum atomic E-state index is -5.29. The van der Waals surface area contributed by atoms with Gasteiger partial charge in [-0.3, -0.25) is 9.59 Å². The van der Waals surface area contributed by atoms with E-state index < -0.39 is 59.3 Å². The van der Waals surface area contributed by atoms with Gasteiger partial charge in [-0.1, -0.05) is 20.3 Å². The molecule has 6 rings (SSSR count). The average Bonchev–Trinajstić information content (AvgIpc) is 3.51. The number of ether oxygens (including phenoxy) is 1. The molecule has 6 aliphatic rings. The van der Waals surface area contributed by atoms with Crippen LogP contribution in [0.3, 0.4) is 0 Å². The van der Waals surface area contributed by atoms with E-state index in [4.69, 9.17) is 14.0 Å². The molecule has 6 fully saturated rings. The third-order valence-corrected chi connectivity index (χ3v) is 12.1. The second-order valence-corrected chi connectivity index (χ2v) is 16.5. The first-order valence-corrected chi connectivity index (χ1v) is 16.5. The van der Waals surface area contributed by atoms with Crippen molar-refractivity contribution in [2.75, 3.05) is 14.1 Å². The number of nitrogens with one attached hydrogen (secondary N) is 2. The van der Waals surface area contributed by atoms with Gasteiger partial charge in [0, 0.05) is 24.4 Å². The molecule has 0 radical (unpaired) electrons. The maximum absolute atomic E-state index is 14.3. The minimum absolute atomic E-state index is 0.0179. The van der Waals surface area contributed by atoms with Crippen LogP contribution in [0.25, 0.3) is 0 Å². The summed E-state index contributed by atoms with van der Waals surface area (Å²) in [6, 6.07) is 0.0179. The van der Waals surface area contributed by atoms with Crippen molar-refractivity contribution < 1.29 is 41.6 Å². The molecule has 5 aliphatic carbocycles. The van der Waals surface area contributed by atoms with Gasteiger partial charge in [-0.2, -0.15) is 13.2 Å². The second-order valence-electron chi connectivity index (χ2n) is 16.5. The Kier molecular flexibility index (Phi) is 8.51. The molecular weight excluding hydrogens is 590 g/mol. The first-order valence-electron chi connectivity index (χ1n) is 16.5. The normalized spacial score (nSPS) is 40.1. The lowest BCUT2D eigenvalue weighted by Gasteiger charge is -2.64. The Labute approximate surface area is 265 Å². The number of alkyl halides is 3. The Morgan fingerprint density at radius 2 is 1.71 bits per heavy atom. The quantitative estimate of drug-likeness (QED) is 0.297. The molecule has 13 heteroatoms. The summed E-state index contributed by atoms with van der Waals surface area (Å²) in [7, 11) is 3.24. The Morgan fingerprint density at radius 3 is 2.27 bits per heavy atom. The number of esters is 1. The lowest BCUT2D eigenvalue weighted by Crippen LogP contribution is -2.73. The zero-order chi connectivity index (χ0) is 33.5. The molecule has 2 amide bonds. The first-order chi connectivity index (χ1) is 20.6. The smallest absolute Gasteiger partial charge is 0.449 e. The lowest BCUT2D eigenvalue weighted by molar-refractivity contribution is -0.225. The fourth-order valence-corrected chi connectivity index (χ4v) is 9.89. The van der Waals surface area contributed by atoms with E-state index >= 15 is 0 Å².